The Morgan fingerprint density at radius 2 is 2.00 bits per heavy atom. The first-order valence-electron chi connectivity index (χ1n) is 7.48. The summed E-state index contributed by atoms with van der Waals surface area (Å²) >= 11 is 0. The van der Waals surface area contributed by atoms with E-state index in [1.54, 1.807) is 0 Å². The van der Waals surface area contributed by atoms with Crippen LogP contribution in [0.2, 0.25) is 0 Å². The number of hydrogen-bond acceptors (Lipinski definition) is 3. The van der Waals surface area contributed by atoms with E-state index in [1.807, 2.05) is 13.0 Å². The predicted octanol–water partition coefficient (Wildman–Crippen LogP) is 1.95. The smallest absolute Gasteiger partial charge is 0.124 e. The van der Waals surface area contributed by atoms with Crippen LogP contribution in [-0.2, 0) is 0 Å². The van der Waals surface area contributed by atoms with Crippen molar-refractivity contribution in [3.63, 3.8) is 0 Å². The Kier molecular flexibility index (Phi) is 3.42. The summed E-state index contributed by atoms with van der Waals surface area (Å²) in [5, 5.41) is 7.83. The van der Waals surface area contributed by atoms with Gasteiger partial charge in [-0.3, -0.25) is 10.3 Å². The van der Waals surface area contributed by atoms with Crippen molar-refractivity contribution in [1.29, 1.82) is 5.41 Å². The molecule has 2 heterocycles. The van der Waals surface area contributed by atoms with Crippen molar-refractivity contribution in [2.75, 3.05) is 25.0 Å². The molecule has 2 saturated heterocycles. The second-order valence-corrected chi connectivity index (χ2v) is 6.22. The second kappa shape index (κ2) is 5.09. The number of anilines is 1. The van der Waals surface area contributed by atoms with Crippen molar-refractivity contribution < 1.29 is 0 Å². The zero-order valence-corrected chi connectivity index (χ0v) is 12.4. The lowest BCUT2D eigenvalue weighted by Crippen LogP contribution is -2.37. The van der Waals surface area contributed by atoms with Gasteiger partial charge in [-0.1, -0.05) is 11.6 Å². The number of rotatable bonds is 2. The number of nitrogen functional groups attached to an aromatic ring is 1. The van der Waals surface area contributed by atoms with E-state index in [2.05, 4.69) is 29.0 Å². The summed E-state index contributed by atoms with van der Waals surface area (Å²) < 4.78 is 0. The van der Waals surface area contributed by atoms with Gasteiger partial charge in [0.15, 0.2) is 0 Å². The largest absolute Gasteiger partial charge is 0.384 e. The molecule has 2 aliphatic rings. The molecule has 0 aliphatic carbocycles. The van der Waals surface area contributed by atoms with Gasteiger partial charge in [0.1, 0.15) is 5.84 Å². The molecule has 0 radical (unpaired) electrons. The Labute approximate surface area is 121 Å². The first-order valence-corrected chi connectivity index (χ1v) is 7.48. The lowest BCUT2D eigenvalue weighted by atomic mass is 10.0. The number of fused-ring (bicyclic) bond motifs is 2. The van der Waals surface area contributed by atoms with Gasteiger partial charge >= 0.3 is 0 Å². The minimum absolute atomic E-state index is 0.173. The van der Waals surface area contributed by atoms with E-state index in [0.29, 0.717) is 6.04 Å². The minimum Gasteiger partial charge on any atom is -0.384 e. The Morgan fingerprint density at radius 3 is 2.75 bits per heavy atom. The molecule has 0 saturated carbocycles. The maximum atomic E-state index is 7.83. The van der Waals surface area contributed by atoms with Crippen molar-refractivity contribution in [1.82, 2.24) is 4.90 Å². The lowest BCUT2D eigenvalue weighted by molar-refractivity contribution is 0.254. The van der Waals surface area contributed by atoms with Crippen LogP contribution < -0.4 is 10.6 Å². The van der Waals surface area contributed by atoms with Crippen LogP contribution >= 0.6 is 0 Å². The summed E-state index contributed by atoms with van der Waals surface area (Å²) in [4.78, 5) is 4.97. The van der Waals surface area contributed by atoms with E-state index < -0.39 is 0 Å². The number of aryl methyl sites for hydroxylation is 1. The molecule has 2 unspecified atom stereocenters. The fourth-order valence-electron chi connectivity index (χ4n) is 3.67. The average molecular weight is 272 g/mol. The van der Waals surface area contributed by atoms with E-state index in [-0.39, 0.29) is 5.84 Å². The second-order valence-electron chi connectivity index (χ2n) is 6.22. The predicted molar refractivity (Wildman–Crippen MR) is 83.6 cm³/mol. The van der Waals surface area contributed by atoms with Crippen LogP contribution in [0.15, 0.2) is 18.2 Å². The first-order chi connectivity index (χ1) is 9.56. The van der Waals surface area contributed by atoms with Gasteiger partial charge in [-0.2, -0.15) is 0 Å². The van der Waals surface area contributed by atoms with E-state index >= 15 is 0 Å². The molecule has 4 heteroatoms. The average Bonchev–Trinajstić information content (AvgIpc) is 2.64. The van der Waals surface area contributed by atoms with Crippen LogP contribution in [0.1, 0.15) is 30.4 Å². The number of benzene rings is 1. The molecular formula is C16H24N4. The molecule has 1 aromatic carbocycles. The van der Waals surface area contributed by atoms with Gasteiger partial charge in [-0.05, 0) is 45.4 Å². The summed E-state index contributed by atoms with van der Waals surface area (Å²) in [5.74, 6) is 0.173. The van der Waals surface area contributed by atoms with Crippen molar-refractivity contribution in [2.24, 2.45) is 5.73 Å². The standard InChI is InChI=1S/C16H24N4/c1-11-3-6-15(14(9-11)16(17)18)20-8-7-12-4-5-13(10-20)19(12)2/h3,6,9,12-13H,4-5,7-8,10H2,1-2H3,(H3,17,18). The number of hydrogen-bond donors (Lipinski definition) is 2. The molecular weight excluding hydrogens is 248 g/mol. The highest BCUT2D eigenvalue weighted by atomic mass is 15.3. The summed E-state index contributed by atoms with van der Waals surface area (Å²) in [7, 11) is 2.26. The van der Waals surface area contributed by atoms with Crippen molar-refractivity contribution in [3.05, 3.63) is 29.3 Å². The molecule has 2 bridgehead atoms. The summed E-state index contributed by atoms with van der Waals surface area (Å²) in [6, 6.07) is 7.66. The van der Waals surface area contributed by atoms with E-state index in [0.717, 1.165) is 35.9 Å². The van der Waals surface area contributed by atoms with Crippen LogP contribution in [-0.4, -0.2) is 43.0 Å². The quantitative estimate of drug-likeness (QED) is 0.639. The fraction of sp³-hybridized carbons (Fsp3) is 0.562. The Hall–Kier alpha value is -1.55. The zero-order chi connectivity index (χ0) is 14.3. The van der Waals surface area contributed by atoms with Gasteiger partial charge in [0.05, 0.1) is 0 Å². The summed E-state index contributed by atoms with van der Waals surface area (Å²) in [6.45, 7) is 4.17. The number of nitrogens with one attached hydrogen (secondary N) is 1. The minimum atomic E-state index is 0.173. The molecule has 0 amide bonds. The van der Waals surface area contributed by atoms with Gasteiger partial charge in [0.25, 0.3) is 0 Å². The molecule has 2 atom stereocenters. The van der Waals surface area contributed by atoms with Gasteiger partial charge in [-0.15, -0.1) is 0 Å². The SMILES string of the molecule is Cc1ccc(N2CCC3CCC(C2)N3C)c(C(=N)N)c1. The molecule has 4 nitrogen and oxygen atoms in total. The van der Waals surface area contributed by atoms with Gasteiger partial charge in [0, 0.05) is 36.4 Å². The maximum Gasteiger partial charge on any atom is 0.124 e. The molecule has 1 aromatic rings. The fourth-order valence-corrected chi connectivity index (χ4v) is 3.67. The maximum absolute atomic E-state index is 7.83. The highest BCUT2D eigenvalue weighted by Gasteiger charge is 2.35. The first kappa shape index (κ1) is 13.4. The van der Waals surface area contributed by atoms with Gasteiger partial charge < -0.3 is 10.6 Å². The van der Waals surface area contributed by atoms with Crippen LogP contribution in [0.3, 0.4) is 0 Å². The number of nitrogens with zero attached hydrogens (tertiary/aromatic N) is 2. The van der Waals surface area contributed by atoms with Crippen molar-refractivity contribution >= 4 is 11.5 Å². The van der Waals surface area contributed by atoms with Crippen LogP contribution in [0.5, 0.6) is 0 Å². The summed E-state index contributed by atoms with van der Waals surface area (Å²) in [6.07, 6.45) is 3.83. The topological polar surface area (TPSA) is 56.4 Å². The van der Waals surface area contributed by atoms with Crippen LogP contribution in [0.25, 0.3) is 0 Å². The van der Waals surface area contributed by atoms with Crippen molar-refractivity contribution in [2.45, 2.75) is 38.3 Å². The zero-order valence-electron chi connectivity index (χ0n) is 12.4. The molecule has 3 N–H and O–H groups in total. The normalized spacial score (nSPS) is 26.6. The third-order valence-electron chi connectivity index (χ3n) is 4.93. The van der Waals surface area contributed by atoms with Gasteiger partial charge in [-0.25, -0.2) is 0 Å². The number of amidine groups is 1. The molecule has 20 heavy (non-hydrogen) atoms. The molecule has 0 spiro atoms. The lowest BCUT2D eigenvalue weighted by Gasteiger charge is -2.29. The Balaban J connectivity index is 1.91. The van der Waals surface area contributed by atoms with Gasteiger partial charge in [0.2, 0.25) is 0 Å². The Morgan fingerprint density at radius 1 is 1.25 bits per heavy atom. The van der Waals surface area contributed by atoms with E-state index in [9.17, 15) is 0 Å². The molecule has 108 valence electrons. The van der Waals surface area contributed by atoms with E-state index in [4.69, 9.17) is 11.1 Å². The Bertz CT molecular complexity index is 525. The highest BCUT2D eigenvalue weighted by molar-refractivity contribution is 6.00. The number of likely N-dealkylation sites (N-methyl/N-ethyl adjacent to an activating group) is 1. The molecule has 0 aromatic heterocycles. The monoisotopic (exact) mass is 272 g/mol. The van der Waals surface area contributed by atoms with Crippen LogP contribution in [0, 0.1) is 12.3 Å². The van der Waals surface area contributed by atoms with E-state index in [1.165, 1.54) is 19.3 Å². The number of nitrogens with two attached hydrogens (primary N) is 1. The highest BCUT2D eigenvalue weighted by Crippen LogP contribution is 2.32. The van der Waals surface area contributed by atoms with Crippen molar-refractivity contribution in [3.8, 4) is 0 Å². The molecule has 2 aliphatic heterocycles. The third kappa shape index (κ3) is 2.29. The molecule has 3 rings (SSSR count). The summed E-state index contributed by atoms with van der Waals surface area (Å²) in [5.41, 5.74) is 8.95. The third-order valence-corrected chi connectivity index (χ3v) is 4.93. The molecule has 2 fully saturated rings. The van der Waals surface area contributed by atoms with Crippen LogP contribution in [0.4, 0.5) is 5.69 Å².